The fraction of sp³-hybridized carbons (Fsp3) is 0.222. The molecule has 2 nitrogen and oxygen atoms in total. The fourth-order valence-corrected chi connectivity index (χ4v) is 7.77. The van der Waals surface area contributed by atoms with E-state index < -0.39 is 13.3 Å². The molecule has 31 heavy (non-hydrogen) atoms. The third-order valence-corrected chi connectivity index (χ3v) is 11.3. The molecule has 0 unspecified atom stereocenters. The van der Waals surface area contributed by atoms with Crippen LogP contribution in [-0.2, 0) is 7.05 Å². The molecule has 6 aromatic rings. The standard InChI is InChI=1S/C27H26FGeN2/c1-15-12-19-25-20(28)8-7-9-21(25)31-22-14-18(29(3,4)5)13-17-10-11-30(6)27(24(17)22)23(16(15)2)26(19)31/h7-14H,1-6H3/q+1. The van der Waals surface area contributed by atoms with E-state index in [1.54, 1.807) is 6.07 Å². The van der Waals surface area contributed by atoms with E-state index in [0.29, 0.717) is 0 Å². The summed E-state index contributed by atoms with van der Waals surface area (Å²) in [5, 5.41) is 5.52. The molecular formula is C27H26FGeN2+. The fourth-order valence-electron chi connectivity index (χ4n) is 5.34. The molecule has 0 aliphatic rings. The van der Waals surface area contributed by atoms with Gasteiger partial charge in [-0.15, -0.1) is 0 Å². The van der Waals surface area contributed by atoms with Crippen LogP contribution in [0.4, 0.5) is 4.39 Å². The molecule has 0 saturated carbocycles. The molecule has 3 aromatic heterocycles. The number of aryl methyl sites for hydroxylation is 3. The van der Waals surface area contributed by atoms with E-state index in [2.05, 4.69) is 83.7 Å². The summed E-state index contributed by atoms with van der Waals surface area (Å²) in [5.41, 5.74) is 6.99. The van der Waals surface area contributed by atoms with Gasteiger partial charge in [0.2, 0.25) is 0 Å². The molecule has 0 aliphatic heterocycles. The average Bonchev–Trinajstić information content (AvgIpc) is 3.04. The number of pyridine rings is 2. The minimum atomic E-state index is -2.10. The Morgan fingerprint density at radius 3 is 2.42 bits per heavy atom. The Labute approximate surface area is 183 Å². The summed E-state index contributed by atoms with van der Waals surface area (Å²) in [4.78, 5) is 0. The van der Waals surface area contributed by atoms with Crippen LogP contribution in [0, 0.1) is 19.7 Å². The first kappa shape index (κ1) is 19.1. The Morgan fingerprint density at radius 2 is 1.68 bits per heavy atom. The van der Waals surface area contributed by atoms with E-state index in [0.717, 1.165) is 21.8 Å². The molecule has 0 bridgehead atoms. The van der Waals surface area contributed by atoms with E-state index in [1.165, 1.54) is 42.7 Å². The molecule has 3 heterocycles. The normalized spacial score (nSPS) is 13.0. The quantitative estimate of drug-likeness (QED) is 0.119. The van der Waals surface area contributed by atoms with Crippen LogP contribution in [-0.4, -0.2) is 17.7 Å². The predicted molar refractivity (Wildman–Crippen MR) is 132 cm³/mol. The van der Waals surface area contributed by atoms with Crippen molar-refractivity contribution in [3.05, 3.63) is 65.6 Å². The molecule has 0 aliphatic carbocycles. The van der Waals surface area contributed by atoms with Crippen LogP contribution in [0.2, 0.25) is 17.3 Å². The summed E-state index contributed by atoms with van der Waals surface area (Å²) >= 11 is -2.10. The van der Waals surface area contributed by atoms with Crippen molar-refractivity contribution in [3.63, 3.8) is 0 Å². The van der Waals surface area contributed by atoms with E-state index in [4.69, 9.17) is 0 Å². The summed E-state index contributed by atoms with van der Waals surface area (Å²) in [6.45, 7) is 4.34. The average molecular weight is 470 g/mol. The van der Waals surface area contributed by atoms with Crippen molar-refractivity contribution in [2.45, 2.75) is 31.1 Å². The van der Waals surface area contributed by atoms with E-state index in [-0.39, 0.29) is 5.82 Å². The third kappa shape index (κ3) is 2.36. The number of aromatic nitrogens is 2. The molecule has 0 atom stereocenters. The van der Waals surface area contributed by atoms with Gasteiger partial charge >= 0.3 is 184 Å². The van der Waals surface area contributed by atoms with Crippen LogP contribution in [0.5, 0.6) is 0 Å². The van der Waals surface area contributed by atoms with Gasteiger partial charge in [-0.3, -0.25) is 0 Å². The van der Waals surface area contributed by atoms with Gasteiger partial charge in [0.15, 0.2) is 0 Å². The molecule has 154 valence electrons. The van der Waals surface area contributed by atoms with Crippen molar-refractivity contribution in [1.29, 1.82) is 0 Å². The Balaban J connectivity index is 2.10. The predicted octanol–water partition coefficient (Wildman–Crippen LogP) is 6.12. The van der Waals surface area contributed by atoms with Crippen molar-refractivity contribution < 1.29 is 8.96 Å². The van der Waals surface area contributed by atoms with Gasteiger partial charge in [-0.2, -0.15) is 0 Å². The summed E-state index contributed by atoms with van der Waals surface area (Å²) < 4.78 is 21.3. The van der Waals surface area contributed by atoms with Crippen LogP contribution >= 0.6 is 0 Å². The molecule has 0 N–H and O–H groups in total. The molecule has 6 rings (SSSR count). The summed E-state index contributed by atoms with van der Waals surface area (Å²) in [6.07, 6.45) is 2.17. The SMILES string of the molecule is Cc1cc2c3c(F)cccc3n3c4c[c]([Ge]([CH3])([CH3])[CH3])cc5cc[n+](C)c(c(c1C)c23)c54. The van der Waals surface area contributed by atoms with Crippen LogP contribution in [0.25, 0.3) is 49.0 Å². The molecule has 0 radical (unpaired) electrons. The number of halogens is 1. The van der Waals surface area contributed by atoms with Gasteiger partial charge < -0.3 is 0 Å². The third-order valence-electron chi connectivity index (χ3n) is 7.10. The molecule has 0 fully saturated rings. The minimum absolute atomic E-state index is 0.147. The van der Waals surface area contributed by atoms with Crippen LogP contribution in [0.3, 0.4) is 0 Å². The van der Waals surface area contributed by atoms with Gasteiger partial charge in [0.05, 0.1) is 0 Å². The van der Waals surface area contributed by atoms with E-state index in [9.17, 15) is 0 Å². The van der Waals surface area contributed by atoms with Gasteiger partial charge in [0.1, 0.15) is 0 Å². The second-order valence-corrected chi connectivity index (χ2v) is 20.7. The Hall–Kier alpha value is -2.66. The maximum absolute atomic E-state index is 15.2. The Morgan fingerprint density at radius 1 is 0.903 bits per heavy atom. The van der Waals surface area contributed by atoms with Crippen LogP contribution in [0.15, 0.2) is 48.7 Å². The van der Waals surface area contributed by atoms with Gasteiger partial charge in [0.25, 0.3) is 0 Å². The van der Waals surface area contributed by atoms with Crippen molar-refractivity contribution in [1.82, 2.24) is 4.40 Å². The number of hydrogen-bond acceptors (Lipinski definition) is 0. The first-order chi connectivity index (χ1) is 14.7. The summed E-state index contributed by atoms with van der Waals surface area (Å²) in [7, 11) is 2.13. The number of nitrogens with zero attached hydrogens (tertiary/aromatic N) is 2. The van der Waals surface area contributed by atoms with Crippen LogP contribution in [0.1, 0.15) is 11.1 Å². The van der Waals surface area contributed by atoms with Crippen LogP contribution < -0.4 is 8.96 Å². The number of rotatable bonds is 1. The zero-order chi connectivity index (χ0) is 21.8. The van der Waals surface area contributed by atoms with Gasteiger partial charge in [-0.1, -0.05) is 0 Å². The van der Waals surface area contributed by atoms with Crippen molar-refractivity contribution in [3.8, 4) is 0 Å². The second-order valence-electron chi connectivity index (χ2n) is 10.0. The summed E-state index contributed by atoms with van der Waals surface area (Å²) in [5.74, 6) is 7.16. The van der Waals surface area contributed by atoms with Gasteiger partial charge in [0, 0.05) is 0 Å². The zero-order valence-electron chi connectivity index (χ0n) is 18.9. The van der Waals surface area contributed by atoms with E-state index >= 15 is 4.39 Å². The summed E-state index contributed by atoms with van der Waals surface area (Å²) in [6, 6.07) is 14.7. The topological polar surface area (TPSA) is 8.29 Å². The molecule has 0 spiro atoms. The molecular weight excluding hydrogens is 444 g/mol. The Bertz CT molecular complexity index is 1700. The molecule has 3 aromatic carbocycles. The van der Waals surface area contributed by atoms with Crippen molar-refractivity contribution in [2.24, 2.45) is 7.05 Å². The molecule has 4 heteroatoms. The van der Waals surface area contributed by atoms with Crippen molar-refractivity contribution in [2.75, 3.05) is 0 Å². The molecule has 0 saturated heterocycles. The second kappa shape index (κ2) is 5.98. The first-order valence-electron chi connectivity index (χ1n) is 10.9. The maximum atomic E-state index is 15.2. The van der Waals surface area contributed by atoms with Crippen molar-refractivity contribution >= 4 is 66.7 Å². The zero-order valence-corrected chi connectivity index (χ0v) is 21.0. The molecule has 0 amide bonds. The van der Waals surface area contributed by atoms with E-state index in [1.807, 2.05) is 6.07 Å². The van der Waals surface area contributed by atoms with Gasteiger partial charge in [-0.25, -0.2) is 0 Å². The number of benzene rings is 3. The monoisotopic (exact) mass is 471 g/mol. The first-order valence-corrected chi connectivity index (χ1v) is 18.2. The number of fused-ring (bicyclic) bond motifs is 5. The number of hydrogen-bond donors (Lipinski definition) is 0. The Kier molecular flexibility index (Phi) is 3.67. The van der Waals surface area contributed by atoms with Gasteiger partial charge in [-0.05, 0) is 0 Å².